The van der Waals surface area contributed by atoms with E-state index in [9.17, 15) is 0 Å². The number of pyridine rings is 1. The summed E-state index contributed by atoms with van der Waals surface area (Å²) >= 11 is 0. The Kier molecular flexibility index (Phi) is 4.61. The van der Waals surface area contributed by atoms with Gasteiger partial charge in [-0.3, -0.25) is 10.1 Å². The van der Waals surface area contributed by atoms with E-state index >= 15 is 0 Å². The first-order chi connectivity index (χ1) is 14.3. The summed E-state index contributed by atoms with van der Waals surface area (Å²) in [7, 11) is 0. The van der Waals surface area contributed by atoms with Gasteiger partial charge in [0.25, 0.3) is 0 Å². The van der Waals surface area contributed by atoms with E-state index < -0.39 is 0 Å². The molecule has 146 valence electrons. The average Bonchev–Trinajstić information content (AvgIpc) is 3.15. The van der Waals surface area contributed by atoms with Crippen molar-refractivity contribution in [3.8, 4) is 11.4 Å². The molecule has 0 saturated carbocycles. The van der Waals surface area contributed by atoms with E-state index in [1.54, 1.807) is 6.20 Å². The number of piperazine rings is 1. The highest BCUT2D eigenvalue weighted by molar-refractivity contribution is 5.85. The Morgan fingerprint density at radius 3 is 3.07 bits per heavy atom. The molecule has 3 aromatic heterocycles. The molecule has 1 fully saturated rings. The molecule has 0 radical (unpaired) electrons. The molecule has 0 amide bonds. The first-order valence-corrected chi connectivity index (χ1v) is 9.79. The van der Waals surface area contributed by atoms with E-state index in [0.29, 0.717) is 11.9 Å². The summed E-state index contributed by atoms with van der Waals surface area (Å²) in [5.74, 6) is 1.48. The van der Waals surface area contributed by atoms with Crippen LogP contribution in [0.3, 0.4) is 0 Å². The van der Waals surface area contributed by atoms with E-state index in [1.807, 2.05) is 37.4 Å². The summed E-state index contributed by atoms with van der Waals surface area (Å²) in [6.45, 7) is 4.63. The molecule has 1 unspecified atom stereocenters. The fourth-order valence-electron chi connectivity index (χ4n) is 3.80. The zero-order valence-electron chi connectivity index (χ0n) is 16.2. The van der Waals surface area contributed by atoms with Crippen LogP contribution in [0.1, 0.15) is 11.4 Å². The summed E-state index contributed by atoms with van der Waals surface area (Å²) < 4.78 is 0. The van der Waals surface area contributed by atoms with Crippen LogP contribution >= 0.6 is 0 Å². The van der Waals surface area contributed by atoms with Crippen molar-refractivity contribution in [1.82, 2.24) is 35.7 Å². The van der Waals surface area contributed by atoms with Crippen molar-refractivity contribution in [3.05, 3.63) is 60.2 Å². The second-order valence-electron chi connectivity index (χ2n) is 7.33. The summed E-state index contributed by atoms with van der Waals surface area (Å²) in [6, 6.07) is 12.4. The van der Waals surface area contributed by atoms with E-state index in [1.165, 1.54) is 0 Å². The highest BCUT2D eigenvalue weighted by atomic mass is 15.3. The van der Waals surface area contributed by atoms with Crippen LogP contribution in [0.2, 0.25) is 0 Å². The molecular formula is C21H22N8. The third-order valence-electron chi connectivity index (χ3n) is 5.32. The molecule has 0 aliphatic carbocycles. The molecule has 1 aliphatic heterocycles. The van der Waals surface area contributed by atoms with Gasteiger partial charge in [0, 0.05) is 54.9 Å². The topological polar surface area (TPSA) is 95.5 Å². The number of fused-ring (bicyclic) bond motifs is 1. The molecule has 4 aromatic rings. The molecule has 1 aliphatic rings. The van der Waals surface area contributed by atoms with Gasteiger partial charge in [-0.2, -0.15) is 10.2 Å². The number of rotatable bonds is 4. The first-order valence-electron chi connectivity index (χ1n) is 9.79. The summed E-state index contributed by atoms with van der Waals surface area (Å²) in [5, 5.41) is 20.4. The van der Waals surface area contributed by atoms with Crippen molar-refractivity contribution < 1.29 is 0 Å². The van der Waals surface area contributed by atoms with Crippen LogP contribution in [0.5, 0.6) is 0 Å². The van der Waals surface area contributed by atoms with Gasteiger partial charge in [0.1, 0.15) is 0 Å². The zero-order valence-corrected chi connectivity index (χ0v) is 16.2. The Hall–Kier alpha value is -3.39. The number of H-pyrrole nitrogens is 1. The van der Waals surface area contributed by atoms with E-state index in [-0.39, 0.29) is 0 Å². The minimum atomic E-state index is 0.321. The predicted octanol–water partition coefficient (Wildman–Crippen LogP) is 2.14. The Bertz CT molecular complexity index is 1120. The highest BCUT2D eigenvalue weighted by Gasteiger charge is 2.22. The Balaban J connectivity index is 1.37. The van der Waals surface area contributed by atoms with Gasteiger partial charge in [-0.05, 0) is 37.3 Å². The zero-order chi connectivity index (χ0) is 19.6. The SMILES string of the molecule is Cc1n[nH]c2ccc(-c3nncc(N4CCNC(Cc5ccccn5)C4)n3)cc12. The molecule has 4 heterocycles. The number of aromatic nitrogens is 6. The number of anilines is 1. The molecule has 0 bridgehead atoms. The number of hydrogen-bond acceptors (Lipinski definition) is 7. The van der Waals surface area contributed by atoms with Crippen molar-refractivity contribution in [2.45, 2.75) is 19.4 Å². The van der Waals surface area contributed by atoms with Gasteiger partial charge in [0.15, 0.2) is 11.6 Å². The quantitative estimate of drug-likeness (QED) is 0.555. The third-order valence-corrected chi connectivity index (χ3v) is 5.32. The smallest absolute Gasteiger partial charge is 0.183 e. The monoisotopic (exact) mass is 386 g/mol. The van der Waals surface area contributed by atoms with Crippen molar-refractivity contribution in [2.75, 3.05) is 24.5 Å². The summed E-state index contributed by atoms with van der Waals surface area (Å²) in [5.41, 5.74) is 4.01. The highest BCUT2D eigenvalue weighted by Crippen LogP contribution is 2.24. The van der Waals surface area contributed by atoms with Gasteiger partial charge in [-0.1, -0.05) is 6.07 Å². The van der Waals surface area contributed by atoms with Crippen LogP contribution in [-0.4, -0.2) is 56.0 Å². The minimum Gasteiger partial charge on any atom is -0.352 e. The lowest BCUT2D eigenvalue weighted by Crippen LogP contribution is -2.52. The maximum atomic E-state index is 4.81. The number of nitrogens with one attached hydrogen (secondary N) is 2. The van der Waals surface area contributed by atoms with E-state index in [2.05, 4.69) is 47.7 Å². The normalized spacial score (nSPS) is 17.0. The van der Waals surface area contributed by atoms with Gasteiger partial charge in [0.2, 0.25) is 0 Å². The fourth-order valence-corrected chi connectivity index (χ4v) is 3.80. The van der Waals surface area contributed by atoms with Crippen LogP contribution in [0.15, 0.2) is 48.8 Å². The lowest BCUT2D eigenvalue weighted by molar-refractivity contribution is 0.449. The molecule has 1 atom stereocenters. The van der Waals surface area contributed by atoms with Crippen molar-refractivity contribution in [2.24, 2.45) is 0 Å². The first kappa shape index (κ1) is 17.7. The minimum absolute atomic E-state index is 0.321. The number of benzene rings is 1. The van der Waals surface area contributed by atoms with Gasteiger partial charge >= 0.3 is 0 Å². The van der Waals surface area contributed by atoms with Crippen LogP contribution in [-0.2, 0) is 6.42 Å². The van der Waals surface area contributed by atoms with Gasteiger partial charge in [0.05, 0.1) is 17.4 Å². The van der Waals surface area contributed by atoms with Crippen LogP contribution < -0.4 is 10.2 Å². The van der Waals surface area contributed by atoms with Crippen molar-refractivity contribution >= 4 is 16.7 Å². The Morgan fingerprint density at radius 1 is 1.21 bits per heavy atom. The van der Waals surface area contributed by atoms with Crippen molar-refractivity contribution in [1.29, 1.82) is 0 Å². The van der Waals surface area contributed by atoms with Gasteiger partial charge in [-0.25, -0.2) is 4.98 Å². The molecule has 8 heteroatoms. The number of nitrogens with zero attached hydrogens (tertiary/aromatic N) is 6. The van der Waals surface area contributed by atoms with Crippen LogP contribution in [0, 0.1) is 6.92 Å². The fraction of sp³-hybridized carbons (Fsp3) is 0.286. The maximum Gasteiger partial charge on any atom is 0.183 e. The number of hydrogen-bond donors (Lipinski definition) is 2. The second-order valence-corrected chi connectivity index (χ2v) is 7.33. The average molecular weight is 386 g/mol. The lowest BCUT2D eigenvalue weighted by Gasteiger charge is -2.34. The molecule has 0 spiro atoms. The van der Waals surface area contributed by atoms with Crippen LogP contribution in [0.4, 0.5) is 5.82 Å². The maximum absolute atomic E-state index is 4.81. The standard InChI is InChI=1S/C21H22N8/c1-14-18-10-15(5-6-19(18)27-26-14)21-25-20(12-24-28-21)29-9-8-23-17(13-29)11-16-4-2-3-7-22-16/h2-7,10,12,17,23H,8-9,11,13H2,1H3,(H,26,27). The van der Waals surface area contributed by atoms with E-state index in [4.69, 9.17) is 4.98 Å². The molecule has 5 rings (SSSR count). The molecular weight excluding hydrogens is 364 g/mol. The second kappa shape index (κ2) is 7.56. The molecule has 8 nitrogen and oxygen atoms in total. The van der Waals surface area contributed by atoms with Gasteiger partial charge < -0.3 is 10.2 Å². The largest absolute Gasteiger partial charge is 0.352 e. The Morgan fingerprint density at radius 2 is 2.17 bits per heavy atom. The van der Waals surface area contributed by atoms with E-state index in [0.717, 1.165) is 59.7 Å². The van der Waals surface area contributed by atoms with Crippen LogP contribution in [0.25, 0.3) is 22.3 Å². The lowest BCUT2D eigenvalue weighted by atomic mass is 10.1. The molecule has 1 saturated heterocycles. The number of aromatic amines is 1. The third kappa shape index (κ3) is 3.66. The Labute approximate surface area is 168 Å². The number of aryl methyl sites for hydroxylation is 1. The van der Waals surface area contributed by atoms with Gasteiger partial charge in [-0.15, -0.1) is 5.10 Å². The summed E-state index contributed by atoms with van der Waals surface area (Å²) in [6.07, 6.45) is 4.47. The molecule has 1 aromatic carbocycles. The molecule has 29 heavy (non-hydrogen) atoms. The predicted molar refractivity (Wildman–Crippen MR) is 112 cm³/mol. The van der Waals surface area contributed by atoms with Crippen molar-refractivity contribution in [3.63, 3.8) is 0 Å². The summed E-state index contributed by atoms with van der Waals surface area (Å²) in [4.78, 5) is 11.5. The molecule has 2 N–H and O–H groups in total.